The van der Waals surface area contributed by atoms with Gasteiger partial charge in [0, 0.05) is 19.0 Å². The Kier molecular flexibility index (Phi) is 12.3. The predicted molar refractivity (Wildman–Crippen MR) is 200 cm³/mol. The fourth-order valence-corrected chi connectivity index (χ4v) is 8.31. The van der Waals surface area contributed by atoms with Gasteiger partial charge in [0.05, 0.1) is 37.8 Å². The number of carbonyl (C=O) groups is 4. The highest BCUT2D eigenvalue weighted by molar-refractivity contribution is 5.87. The summed E-state index contributed by atoms with van der Waals surface area (Å²) < 4.78 is 15.5. The smallest absolute Gasteiger partial charge is 0.407 e. The molecule has 3 aliphatic rings. The van der Waals surface area contributed by atoms with Gasteiger partial charge in [-0.1, -0.05) is 52.0 Å². The molecule has 2 aliphatic heterocycles. The van der Waals surface area contributed by atoms with Crippen molar-refractivity contribution in [3.63, 3.8) is 0 Å². The Morgan fingerprint density at radius 1 is 0.778 bits per heavy atom. The lowest BCUT2D eigenvalue weighted by Gasteiger charge is -2.30. The Morgan fingerprint density at radius 2 is 1.31 bits per heavy atom. The van der Waals surface area contributed by atoms with Gasteiger partial charge in [-0.3, -0.25) is 9.59 Å². The zero-order valence-electron chi connectivity index (χ0n) is 32.3. The van der Waals surface area contributed by atoms with Gasteiger partial charge in [0.25, 0.3) is 0 Å². The van der Waals surface area contributed by atoms with Crippen molar-refractivity contribution in [2.24, 2.45) is 11.8 Å². The number of aromatic nitrogens is 3. The Balaban J connectivity index is 1.04. The van der Waals surface area contributed by atoms with E-state index >= 15 is 0 Å². The van der Waals surface area contributed by atoms with Crippen molar-refractivity contribution in [3.8, 4) is 11.3 Å². The average molecular weight is 746 g/mol. The van der Waals surface area contributed by atoms with Gasteiger partial charge in [0.1, 0.15) is 30.2 Å². The number of amides is 4. The van der Waals surface area contributed by atoms with Gasteiger partial charge in [0.2, 0.25) is 17.7 Å². The number of alkyl carbamates (subject to hydrolysis) is 2. The first-order valence-electron chi connectivity index (χ1n) is 19.4. The Bertz CT molecular complexity index is 1760. The van der Waals surface area contributed by atoms with E-state index in [4.69, 9.17) is 23.9 Å². The van der Waals surface area contributed by atoms with E-state index in [0.717, 1.165) is 74.1 Å². The SMILES string of the molecule is COC(=O)NC(C(=O)N1CCCC1c1ncc(-c2ccc(C3CCC(c4coc(C5CCCN5C(=O)C(NC(=O)OC)C(C)C)n4)CC3)cc2)[nH]1)C(C)C. The molecule has 4 amide bonds. The van der Waals surface area contributed by atoms with Crippen molar-refractivity contribution < 1.29 is 33.1 Å². The van der Waals surface area contributed by atoms with Gasteiger partial charge < -0.3 is 39.3 Å². The van der Waals surface area contributed by atoms with Crippen LogP contribution < -0.4 is 10.6 Å². The van der Waals surface area contributed by atoms with Gasteiger partial charge >= 0.3 is 12.2 Å². The van der Waals surface area contributed by atoms with Crippen molar-refractivity contribution in [1.82, 2.24) is 35.4 Å². The van der Waals surface area contributed by atoms with Crippen molar-refractivity contribution >= 4 is 24.0 Å². The van der Waals surface area contributed by atoms with Crippen LogP contribution in [0.4, 0.5) is 9.59 Å². The molecule has 54 heavy (non-hydrogen) atoms. The minimum atomic E-state index is -0.684. The predicted octanol–water partition coefficient (Wildman–Crippen LogP) is 6.59. The standard InChI is InChI=1S/C40H55N7O7/c1-23(2)33(44-39(50)52-5)37(48)46-19-7-9-31(46)35-41-21-29(42-35)27-15-11-25(12-16-27)26-13-17-28(18-14-26)30-22-54-36(43-30)32-10-8-20-47(32)38(49)34(24(3)4)45-40(51)53-6/h11-12,15-16,21-24,26,28,31-34H,7-10,13-14,17-20H2,1-6H3,(H,41,42)(H,44,50)(H,45,51). The van der Waals surface area contributed by atoms with E-state index in [1.54, 1.807) is 11.2 Å². The Morgan fingerprint density at radius 3 is 1.87 bits per heavy atom. The van der Waals surface area contributed by atoms with Crippen molar-refractivity contribution in [2.45, 2.75) is 115 Å². The number of rotatable bonds is 11. The van der Waals surface area contributed by atoms with Crippen molar-refractivity contribution in [1.29, 1.82) is 0 Å². The number of ether oxygens (including phenoxy) is 2. The van der Waals surface area contributed by atoms with E-state index in [-0.39, 0.29) is 35.7 Å². The van der Waals surface area contributed by atoms with E-state index in [1.165, 1.54) is 19.8 Å². The zero-order valence-corrected chi connectivity index (χ0v) is 32.3. The van der Waals surface area contributed by atoms with E-state index in [1.807, 2.05) is 38.8 Å². The van der Waals surface area contributed by atoms with Crippen LogP contribution in [0, 0.1) is 11.8 Å². The van der Waals surface area contributed by atoms with Crippen LogP contribution in [0.1, 0.15) is 126 Å². The fourth-order valence-electron chi connectivity index (χ4n) is 8.31. The number of nitrogens with one attached hydrogen (secondary N) is 3. The summed E-state index contributed by atoms with van der Waals surface area (Å²) in [5.74, 6) is 1.60. The van der Waals surface area contributed by atoms with Gasteiger partial charge in [-0.15, -0.1) is 0 Å². The number of H-pyrrole nitrogens is 1. The lowest BCUT2D eigenvalue weighted by atomic mass is 9.77. The highest BCUT2D eigenvalue weighted by atomic mass is 16.5. The molecule has 0 spiro atoms. The molecule has 292 valence electrons. The summed E-state index contributed by atoms with van der Waals surface area (Å²) in [4.78, 5) is 67.6. The molecule has 2 aromatic heterocycles. The minimum Gasteiger partial charge on any atom is -0.453 e. The number of oxazole rings is 1. The second-order valence-corrected chi connectivity index (χ2v) is 15.6. The average Bonchev–Trinajstić information content (AvgIpc) is 4.02. The van der Waals surface area contributed by atoms with Gasteiger partial charge in [0.15, 0.2) is 0 Å². The second-order valence-electron chi connectivity index (χ2n) is 15.6. The summed E-state index contributed by atoms with van der Waals surface area (Å²) in [5, 5.41) is 5.40. The second kappa shape index (κ2) is 17.1. The molecule has 14 nitrogen and oxygen atoms in total. The summed E-state index contributed by atoms with van der Waals surface area (Å²) in [6.07, 6.45) is 9.71. The lowest BCUT2D eigenvalue weighted by molar-refractivity contribution is -0.136. The molecule has 3 fully saturated rings. The summed E-state index contributed by atoms with van der Waals surface area (Å²) in [7, 11) is 2.59. The third-order valence-electron chi connectivity index (χ3n) is 11.4. The van der Waals surface area contributed by atoms with Crippen molar-refractivity contribution in [2.75, 3.05) is 27.3 Å². The highest BCUT2D eigenvalue weighted by Gasteiger charge is 2.40. The number of aromatic amines is 1. The molecule has 3 N–H and O–H groups in total. The molecule has 1 aromatic carbocycles. The molecule has 4 atom stereocenters. The molecule has 1 aliphatic carbocycles. The molecular formula is C40H55N7O7. The molecule has 14 heteroatoms. The van der Waals surface area contributed by atoms with Gasteiger partial charge in [-0.2, -0.15) is 0 Å². The van der Waals surface area contributed by atoms with Crippen LogP contribution in [0.25, 0.3) is 11.3 Å². The van der Waals surface area contributed by atoms with Crippen LogP contribution in [0.3, 0.4) is 0 Å². The summed E-state index contributed by atoms with van der Waals surface area (Å²) in [6.45, 7) is 8.82. The van der Waals surface area contributed by atoms with Crippen LogP contribution in [0.15, 0.2) is 41.1 Å². The van der Waals surface area contributed by atoms with Crippen LogP contribution >= 0.6 is 0 Å². The fraction of sp³-hybridized carbons (Fsp3) is 0.600. The Labute approximate surface area is 317 Å². The summed E-state index contributed by atoms with van der Waals surface area (Å²) in [6, 6.07) is 6.88. The number of likely N-dealkylation sites (tertiary alicyclic amines) is 2. The number of hydrogen-bond acceptors (Lipinski definition) is 9. The first kappa shape index (κ1) is 38.8. The third-order valence-corrected chi connectivity index (χ3v) is 11.4. The largest absolute Gasteiger partial charge is 0.453 e. The normalized spacial score (nSPS) is 22.7. The summed E-state index contributed by atoms with van der Waals surface area (Å²) >= 11 is 0. The van der Waals surface area contributed by atoms with E-state index in [2.05, 4.69) is 39.9 Å². The number of imidazole rings is 1. The molecule has 6 rings (SSSR count). The van der Waals surface area contributed by atoms with E-state index in [0.29, 0.717) is 30.8 Å². The number of hydrogen-bond donors (Lipinski definition) is 3. The zero-order chi connectivity index (χ0) is 38.5. The first-order chi connectivity index (χ1) is 26.0. The number of methoxy groups -OCH3 is 2. The lowest BCUT2D eigenvalue weighted by Crippen LogP contribution is -2.51. The molecule has 0 radical (unpaired) electrons. The monoisotopic (exact) mass is 745 g/mol. The maximum absolute atomic E-state index is 13.5. The maximum Gasteiger partial charge on any atom is 0.407 e. The number of carbonyl (C=O) groups excluding carboxylic acids is 4. The highest BCUT2D eigenvalue weighted by Crippen LogP contribution is 2.42. The van der Waals surface area contributed by atoms with Gasteiger partial charge in [-0.05, 0) is 80.2 Å². The van der Waals surface area contributed by atoms with Crippen LogP contribution in [0.5, 0.6) is 0 Å². The first-order valence-corrected chi connectivity index (χ1v) is 19.4. The van der Waals surface area contributed by atoms with Crippen LogP contribution in [-0.2, 0) is 19.1 Å². The Hall–Kier alpha value is -4.88. The molecule has 4 unspecified atom stereocenters. The minimum absolute atomic E-state index is 0.0942. The quantitative estimate of drug-likeness (QED) is 0.196. The maximum atomic E-state index is 13.5. The topological polar surface area (TPSA) is 172 Å². The molecule has 3 aromatic rings. The van der Waals surface area contributed by atoms with E-state index < -0.39 is 24.3 Å². The number of nitrogens with zero attached hydrogens (tertiary/aromatic N) is 4. The van der Waals surface area contributed by atoms with Crippen LogP contribution in [0.2, 0.25) is 0 Å². The van der Waals surface area contributed by atoms with E-state index in [9.17, 15) is 19.2 Å². The molecule has 2 saturated heterocycles. The molecule has 0 bridgehead atoms. The third kappa shape index (κ3) is 8.42. The summed E-state index contributed by atoms with van der Waals surface area (Å²) in [5.41, 5.74) is 4.19. The molecule has 4 heterocycles. The van der Waals surface area contributed by atoms with Crippen LogP contribution in [-0.4, -0.2) is 88.1 Å². The molecular weight excluding hydrogens is 690 g/mol. The molecule has 1 saturated carbocycles. The number of benzene rings is 1. The van der Waals surface area contributed by atoms with Gasteiger partial charge in [-0.25, -0.2) is 19.6 Å². The van der Waals surface area contributed by atoms with Crippen molar-refractivity contribution in [3.05, 3.63) is 59.7 Å².